The van der Waals surface area contributed by atoms with Gasteiger partial charge < -0.3 is 9.88 Å². The molecule has 17 heavy (non-hydrogen) atoms. The van der Waals surface area contributed by atoms with E-state index >= 15 is 0 Å². The first-order chi connectivity index (χ1) is 8.13. The molecule has 4 heteroatoms. The maximum Gasteiger partial charge on any atom is 0.0953 e. The van der Waals surface area contributed by atoms with Gasteiger partial charge in [0.1, 0.15) is 0 Å². The zero-order valence-electron chi connectivity index (χ0n) is 10.3. The summed E-state index contributed by atoms with van der Waals surface area (Å²) < 4.78 is 3.14. The fourth-order valence-electron chi connectivity index (χ4n) is 1.91. The van der Waals surface area contributed by atoms with E-state index in [1.54, 1.807) is 0 Å². The van der Waals surface area contributed by atoms with Gasteiger partial charge in [-0.15, -0.1) is 0 Å². The first-order valence-electron chi connectivity index (χ1n) is 5.54. The molecule has 1 heterocycles. The largest absolute Gasteiger partial charge is 0.336 e. The van der Waals surface area contributed by atoms with E-state index in [2.05, 4.69) is 55.9 Å². The molecule has 0 aliphatic heterocycles. The molecule has 2 aromatic rings. The highest BCUT2D eigenvalue weighted by atomic mass is 79.9. The van der Waals surface area contributed by atoms with Gasteiger partial charge in [0.05, 0.1) is 17.7 Å². The number of benzene rings is 1. The van der Waals surface area contributed by atoms with E-state index < -0.39 is 0 Å². The standard InChI is InChI=1S/C13H16BrN3/c1-9-4-5-10(14)6-11(9)13-12(7-15-2)17(3)8-16-13/h4-6,8,15H,7H2,1-3H3. The van der Waals surface area contributed by atoms with Crippen molar-refractivity contribution in [3.63, 3.8) is 0 Å². The highest BCUT2D eigenvalue weighted by Gasteiger charge is 2.12. The lowest BCUT2D eigenvalue weighted by Crippen LogP contribution is -2.10. The molecule has 0 unspecified atom stereocenters. The van der Waals surface area contributed by atoms with Gasteiger partial charge in [0.2, 0.25) is 0 Å². The van der Waals surface area contributed by atoms with Crippen molar-refractivity contribution in [2.75, 3.05) is 7.05 Å². The average Bonchev–Trinajstić information content (AvgIpc) is 2.65. The van der Waals surface area contributed by atoms with Gasteiger partial charge in [-0.2, -0.15) is 0 Å². The van der Waals surface area contributed by atoms with Crippen molar-refractivity contribution in [2.45, 2.75) is 13.5 Å². The summed E-state index contributed by atoms with van der Waals surface area (Å²) in [5, 5.41) is 3.18. The fourth-order valence-corrected chi connectivity index (χ4v) is 2.27. The Morgan fingerprint density at radius 3 is 2.88 bits per heavy atom. The molecule has 2 rings (SSSR count). The lowest BCUT2D eigenvalue weighted by Gasteiger charge is -2.08. The number of hydrogen-bond donors (Lipinski definition) is 1. The predicted molar refractivity (Wildman–Crippen MR) is 73.8 cm³/mol. The SMILES string of the molecule is CNCc1c(-c2cc(Br)ccc2C)ncn1C. The van der Waals surface area contributed by atoms with Crippen LogP contribution in [0.2, 0.25) is 0 Å². The number of aryl methyl sites for hydroxylation is 2. The van der Waals surface area contributed by atoms with Crippen molar-refractivity contribution in [2.24, 2.45) is 7.05 Å². The number of nitrogens with one attached hydrogen (secondary N) is 1. The van der Waals surface area contributed by atoms with Crippen LogP contribution in [0.15, 0.2) is 29.0 Å². The highest BCUT2D eigenvalue weighted by molar-refractivity contribution is 9.10. The normalized spacial score (nSPS) is 10.8. The lowest BCUT2D eigenvalue weighted by molar-refractivity contribution is 0.735. The Morgan fingerprint density at radius 1 is 1.41 bits per heavy atom. The quantitative estimate of drug-likeness (QED) is 0.943. The molecule has 0 amide bonds. The Labute approximate surface area is 110 Å². The van der Waals surface area contributed by atoms with Crippen LogP contribution >= 0.6 is 15.9 Å². The predicted octanol–water partition coefficient (Wildman–Crippen LogP) is 2.88. The first-order valence-corrected chi connectivity index (χ1v) is 6.34. The van der Waals surface area contributed by atoms with Crippen molar-refractivity contribution in [1.82, 2.24) is 14.9 Å². The van der Waals surface area contributed by atoms with Gasteiger partial charge >= 0.3 is 0 Å². The second-order valence-corrected chi connectivity index (χ2v) is 5.06. The van der Waals surface area contributed by atoms with Crippen molar-refractivity contribution < 1.29 is 0 Å². The van der Waals surface area contributed by atoms with Crippen LogP contribution in [-0.4, -0.2) is 16.6 Å². The summed E-state index contributed by atoms with van der Waals surface area (Å²) in [5.41, 5.74) is 4.68. The number of halogens is 1. The molecule has 0 aliphatic carbocycles. The molecule has 0 aliphatic rings. The Hall–Kier alpha value is -1.13. The maximum absolute atomic E-state index is 4.51. The Kier molecular flexibility index (Phi) is 3.64. The van der Waals surface area contributed by atoms with Gasteiger partial charge in [0, 0.05) is 23.6 Å². The molecule has 90 valence electrons. The zero-order valence-corrected chi connectivity index (χ0v) is 11.9. The zero-order chi connectivity index (χ0) is 12.4. The van der Waals surface area contributed by atoms with Gasteiger partial charge in [0.15, 0.2) is 0 Å². The van der Waals surface area contributed by atoms with Crippen LogP contribution in [0.3, 0.4) is 0 Å². The van der Waals surface area contributed by atoms with Crippen molar-refractivity contribution in [3.05, 3.63) is 40.3 Å². The molecule has 0 saturated heterocycles. The monoisotopic (exact) mass is 293 g/mol. The molecule has 1 aromatic carbocycles. The molecule has 1 N–H and O–H groups in total. The Balaban J connectivity index is 2.56. The summed E-state index contributed by atoms with van der Waals surface area (Å²) in [6.45, 7) is 2.93. The number of rotatable bonds is 3. The van der Waals surface area contributed by atoms with Crippen molar-refractivity contribution in [1.29, 1.82) is 0 Å². The van der Waals surface area contributed by atoms with E-state index in [-0.39, 0.29) is 0 Å². The number of imidazole rings is 1. The third kappa shape index (κ3) is 2.42. The maximum atomic E-state index is 4.51. The molecule has 3 nitrogen and oxygen atoms in total. The second-order valence-electron chi connectivity index (χ2n) is 4.14. The molecular weight excluding hydrogens is 278 g/mol. The van der Waals surface area contributed by atoms with Crippen LogP contribution in [0.4, 0.5) is 0 Å². The molecule has 0 bridgehead atoms. The van der Waals surface area contributed by atoms with Gasteiger partial charge in [-0.3, -0.25) is 0 Å². The van der Waals surface area contributed by atoms with Gasteiger partial charge in [-0.05, 0) is 31.7 Å². The third-order valence-electron chi connectivity index (χ3n) is 2.86. The number of aromatic nitrogens is 2. The molecule has 0 saturated carbocycles. The van der Waals surface area contributed by atoms with Crippen LogP contribution in [0.5, 0.6) is 0 Å². The summed E-state index contributed by atoms with van der Waals surface area (Å²) in [6, 6.07) is 6.29. The second kappa shape index (κ2) is 5.02. The van der Waals surface area contributed by atoms with Gasteiger partial charge in [-0.1, -0.05) is 22.0 Å². The minimum absolute atomic E-state index is 0.817. The summed E-state index contributed by atoms with van der Waals surface area (Å²) in [7, 11) is 3.97. The van der Waals surface area contributed by atoms with Crippen molar-refractivity contribution in [3.8, 4) is 11.3 Å². The van der Waals surface area contributed by atoms with E-state index in [1.165, 1.54) is 16.8 Å². The lowest BCUT2D eigenvalue weighted by atomic mass is 10.0. The van der Waals surface area contributed by atoms with E-state index in [9.17, 15) is 0 Å². The molecule has 0 atom stereocenters. The average molecular weight is 294 g/mol. The van der Waals surface area contributed by atoms with Gasteiger partial charge in [-0.25, -0.2) is 4.98 Å². The molecule has 0 spiro atoms. The van der Waals surface area contributed by atoms with E-state index in [0.717, 1.165) is 16.7 Å². The first kappa shape index (κ1) is 12.3. The van der Waals surface area contributed by atoms with E-state index in [4.69, 9.17) is 0 Å². The Morgan fingerprint density at radius 2 is 2.18 bits per heavy atom. The molecular formula is C13H16BrN3. The fraction of sp³-hybridized carbons (Fsp3) is 0.308. The van der Waals surface area contributed by atoms with Crippen LogP contribution in [0.1, 0.15) is 11.3 Å². The van der Waals surface area contributed by atoms with Crippen LogP contribution < -0.4 is 5.32 Å². The summed E-state index contributed by atoms with van der Waals surface area (Å²) in [4.78, 5) is 4.51. The Bertz CT molecular complexity index is 531. The van der Waals surface area contributed by atoms with E-state index in [1.807, 2.05) is 20.4 Å². The smallest absolute Gasteiger partial charge is 0.0953 e. The van der Waals surface area contributed by atoms with Crippen LogP contribution in [0, 0.1) is 6.92 Å². The van der Waals surface area contributed by atoms with E-state index in [0.29, 0.717) is 0 Å². The molecule has 1 aromatic heterocycles. The third-order valence-corrected chi connectivity index (χ3v) is 3.35. The number of hydrogen-bond acceptors (Lipinski definition) is 2. The summed E-state index contributed by atoms with van der Waals surface area (Å²) >= 11 is 3.51. The minimum Gasteiger partial charge on any atom is -0.336 e. The summed E-state index contributed by atoms with van der Waals surface area (Å²) in [6.07, 6.45) is 1.86. The number of nitrogens with zero attached hydrogens (tertiary/aromatic N) is 2. The van der Waals surface area contributed by atoms with Gasteiger partial charge in [0.25, 0.3) is 0 Å². The minimum atomic E-state index is 0.817. The summed E-state index contributed by atoms with van der Waals surface area (Å²) in [5.74, 6) is 0. The molecule has 0 fully saturated rings. The topological polar surface area (TPSA) is 29.9 Å². The van der Waals surface area contributed by atoms with Crippen LogP contribution in [0.25, 0.3) is 11.3 Å². The van der Waals surface area contributed by atoms with Crippen LogP contribution in [-0.2, 0) is 13.6 Å². The molecule has 0 radical (unpaired) electrons. The van der Waals surface area contributed by atoms with Crippen molar-refractivity contribution >= 4 is 15.9 Å². The highest BCUT2D eigenvalue weighted by Crippen LogP contribution is 2.28.